The molecule has 1 saturated heterocycles. The molecule has 2 N–H and O–H groups in total. The van der Waals surface area contributed by atoms with Crippen molar-refractivity contribution in [2.75, 3.05) is 26.2 Å². The molecule has 0 radical (unpaired) electrons. The second-order valence-electron chi connectivity index (χ2n) is 5.05. The van der Waals surface area contributed by atoms with E-state index in [-0.39, 0.29) is 18.0 Å². The summed E-state index contributed by atoms with van der Waals surface area (Å²) in [5.74, 6) is 0.0820. The van der Waals surface area contributed by atoms with Gasteiger partial charge in [0.15, 0.2) is 0 Å². The van der Waals surface area contributed by atoms with E-state index in [4.69, 9.17) is 11.6 Å². The standard InChI is InChI=1S/C15H22ClN3O/c1-3-18-15(20)14-10-17-8-9-19(14)11(2)12-6-4-5-7-13(12)16/h4-7,11,14,17H,3,8-10H2,1-2H3,(H,18,20). The molecule has 1 amide bonds. The van der Waals surface area contributed by atoms with Crippen LogP contribution in [0.1, 0.15) is 25.5 Å². The SMILES string of the molecule is CCNC(=O)C1CNCCN1C(C)c1ccccc1Cl. The van der Waals surface area contributed by atoms with Gasteiger partial charge < -0.3 is 10.6 Å². The van der Waals surface area contributed by atoms with Crippen LogP contribution in [0.5, 0.6) is 0 Å². The molecule has 2 unspecified atom stereocenters. The van der Waals surface area contributed by atoms with Gasteiger partial charge in [0.1, 0.15) is 6.04 Å². The minimum absolute atomic E-state index is 0.0820. The summed E-state index contributed by atoms with van der Waals surface area (Å²) in [6.07, 6.45) is 0. The van der Waals surface area contributed by atoms with Gasteiger partial charge in [-0.15, -0.1) is 0 Å². The number of amides is 1. The minimum Gasteiger partial charge on any atom is -0.355 e. The average molecular weight is 296 g/mol. The predicted octanol–water partition coefficient (Wildman–Crippen LogP) is 1.81. The van der Waals surface area contributed by atoms with E-state index in [0.717, 1.165) is 23.7 Å². The van der Waals surface area contributed by atoms with Gasteiger partial charge in [0.25, 0.3) is 0 Å². The van der Waals surface area contributed by atoms with Gasteiger partial charge in [0, 0.05) is 37.2 Å². The van der Waals surface area contributed by atoms with E-state index in [9.17, 15) is 4.79 Å². The van der Waals surface area contributed by atoms with Crippen LogP contribution in [0, 0.1) is 0 Å². The lowest BCUT2D eigenvalue weighted by Crippen LogP contribution is -2.58. The quantitative estimate of drug-likeness (QED) is 0.890. The van der Waals surface area contributed by atoms with E-state index in [1.54, 1.807) is 0 Å². The minimum atomic E-state index is -0.144. The molecule has 2 atom stereocenters. The zero-order chi connectivity index (χ0) is 14.5. The number of piperazine rings is 1. The highest BCUT2D eigenvalue weighted by Crippen LogP contribution is 2.29. The lowest BCUT2D eigenvalue weighted by molar-refractivity contribution is -0.128. The summed E-state index contributed by atoms with van der Waals surface area (Å²) in [5.41, 5.74) is 1.07. The van der Waals surface area contributed by atoms with Crippen molar-refractivity contribution < 1.29 is 4.79 Å². The van der Waals surface area contributed by atoms with Crippen molar-refractivity contribution in [3.05, 3.63) is 34.9 Å². The van der Waals surface area contributed by atoms with Gasteiger partial charge in [-0.05, 0) is 25.5 Å². The summed E-state index contributed by atoms with van der Waals surface area (Å²) in [7, 11) is 0. The summed E-state index contributed by atoms with van der Waals surface area (Å²) in [4.78, 5) is 14.4. The van der Waals surface area contributed by atoms with Crippen LogP contribution in [0.4, 0.5) is 0 Å². The van der Waals surface area contributed by atoms with Crippen molar-refractivity contribution in [2.45, 2.75) is 25.9 Å². The molecule has 0 aliphatic carbocycles. The Labute approximate surface area is 125 Å². The topological polar surface area (TPSA) is 44.4 Å². The fraction of sp³-hybridized carbons (Fsp3) is 0.533. The molecule has 1 aromatic rings. The van der Waals surface area contributed by atoms with Crippen LogP contribution in [0.25, 0.3) is 0 Å². The van der Waals surface area contributed by atoms with Gasteiger partial charge in [-0.2, -0.15) is 0 Å². The second-order valence-corrected chi connectivity index (χ2v) is 5.46. The summed E-state index contributed by atoms with van der Waals surface area (Å²) < 4.78 is 0. The number of carbonyl (C=O) groups is 1. The molecule has 4 nitrogen and oxygen atoms in total. The predicted molar refractivity (Wildman–Crippen MR) is 81.9 cm³/mol. The van der Waals surface area contributed by atoms with E-state index >= 15 is 0 Å². The Kier molecular flexibility index (Phi) is 5.40. The van der Waals surface area contributed by atoms with Gasteiger partial charge in [-0.25, -0.2) is 0 Å². The van der Waals surface area contributed by atoms with Crippen molar-refractivity contribution in [3.63, 3.8) is 0 Å². The molecular weight excluding hydrogens is 274 g/mol. The maximum Gasteiger partial charge on any atom is 0.238 e. The van der Waals surface area contributed by atoms with E-state index in [1.165, 1.54) is 0 Å². The van der Waals surface area contributed by atoms with Gasteiger partial charge in [-0.3, -0.25) is 9.69 Å². The van der Waals surface area contributed by atoms with E-state index in [2.05, 4.69) is 22.5 Å². The zero-order valence-electron chi connectivity index (χ0n) is 12.0. The third-order valence-electron chi connectivity index (χ3n) is 3.79. The molecule has 110 valence electrons. The highest BCUT2D eigenvalue weighted by atomic mass is 35.5. The van der Waals surface area contributed by atoms with Crippen LogP contribution >= 0.6 is 11.6 Å². The average Bonchev–Trinajstić information content (AvgIpc) is 2.47. The van der Waals surface area contributed by atoms with Crippen molar-refractivity contribution in [1.82, 2.24) is 15.5 Å². The molecular formula is C15H22ClN3O. The molecule has 1 fully saturated rings. The molecule has 0 bridgehead atoms. The summed E-state index contributed by atoms with van der Waals surface area (Å²) in [6, 6.07) is 7.83. The third kappa shape index (κ3) is 3.32. The van der Waals surface area contributed by atoms with Crippen molar-refractivity contribution in [2.24, 2.45) is 0 Å². The van der Waals surface area contributed by atoms with E-state index in [1.807, 2.05) is 31.2 Å². The lowest BCUT2D eigenvalue weighted by atomic mass is 10.0. The van der Waals surface area contributed by atoms with Crippen molar-refractivity contribution in [1.29, 1.82) is 0 Å². The molecule has 20 heavy (non-hydrogen) atoms. The Morgan fingerprint density at radius 1 is 1.55 bits per heavy atom. The molecule has 0 saturated carbocycles. The van der Waals surface area contributed by atoms with E-state index in [0.29, 0.717) is 13.1 Å². The second kappa shape index (κ2) is 7.07. The Balaban J connectivity index is 2.19. The number of benzene rings is 1. The normalized spacial score (nSPS) is 21.4. The number of hydrogen-bond donors (Lipinski definition) is 2. The number of rotatable bonds is 4. The van der Waals surface area contributed by atoms with Crippen LogP contribution in [-0.2, 0) is 4.79 Å². The van der Waals surface area contributed by atoms with Gasteiger partial charge >= 0.3 is 0 Å². The first-order valence-electron chi connectivity index (χ1n) is 7.13. The van der Waals surface area contributed by atoms with Crippen LogP contribution in [0.2, 0.25) is 5.02 Å². The van der Waals surface area contributed by atoms with E-state index < -0.39 is 0 Å². The zero-order valence-corrected chi connectivity index (χ0v) is 12.8. The highest BCUT2D eigenvalue weighted by Gasteiger charge is 2.32. The molecule has 0 spiro atoms. The maximum absolute atomic E-state index is 12.2. The third-order valence-corrected chi connectivity index (χ3v) is 4.14. The number of likely N-dealkylation sites (N-methyl/N-ethyl adjacent to an activating group) is 1. The Hall–Kier alpha value is -1.10. The summed E-state index contributed by atoms with van der Waals surface area (Å²) in [5, 5.41) is 6.96. The van der Waals surface area contributed by atoms with Crippen molar-refractivity contribution >= 4 is 17.5 Å². The smallest absolute Gasteiger partial charge is 0.238 e. The van der Waals surface area contributed by atoms with Crippen LogP contribution in [-0.4, -0.2) is 43.0 Å². The summed E-state index contributed by atoms with van der Waals surface area (Å²) >= 11 is 6.28. The molecule has 1 heterocycles. The van der Waals surface area contributed by atoms with Crippen LogP contribution in [0.15, 0.2) is 24.3 Å². The monoisotopic (exact) mass is 295 g/mol. The lowest BCUT2D eigenvalue weighted by Gasteiger charge is -2.39. The van der Waals surface area contributed by atoms with Crippen LogP contribution < -0.4 is 10.6 Å². The number of halogens is 1. The first kappa shape index (κ1) is 15.3. The molecule has 5 heteroatoms. The summed E-state index contributed by atoms with van der Waals surface area (Å²) in [6.45, 7) is 7.12. The Morgan fingerprint density at radius 2 is 2.30 bits per heavy atom. The van der Waals surface area contributed by atoms with Gasteiger partial charge in [-0.1, -0.05) is 29.8 Å². The van der Waals surface area contributed by atoms with Crippen LogP contribution in [0.3, 0.4) is 0 Å². The largest absolute Gasteiger partial charge is 0.355 e. The molecule has 1 aromatic carbocycles. The fourth-order valence-electron chi connectivity index (χ4n) is 2.71. The van der Waals surface area contributed by atoms with Gasteiger partial charge in [0.2, 0.25) is 5.91 Å². The molecule has 2 rings (SSSR count). The molecule has 1 aliphatic rings. The highest BCUT2D eigenvalue weighted by molar-refractivity contribution is 6.31. The molecule has 0 aromatic heterocycles. The Bertz CT molecular complexity index is 466. The number of hydrogen-bond acceptors (Lipinski definition) is 3. The number of nitrogens with one attached hydrogen (secondary N) is 2. The Morgan fingerprint density at radius 3 is 3.00 bits per heavy atom. The first-order chi connectivity index (χ1) is 9.65. The number of nitrogens with zero attached hydrogens (tertiary/aromatic N) is 1. The number of carbonyl (C=O) groups excluding carboxylic acids is 1. The molecule has 1 aliphatic heterocycles. The van der Waals surface area contributed by atoms with Crippen molar-refractivity contribution in [3.8, 4) is 0 Å². The maximum atomic E-state index is 12.2. The van der Waals surface area contributed by atoms with Gasteiger partial charge in [0.05, 0.1) is 0 Å². The first-order valence-corrected chi connectivity index (χ1v) is 7.51. The fourth-order valence-corrected chi connectivity index (χ4v) is 3.01.